The van der Waals surface area contributed by atoms with Crippen LogP contribution in [0.3, 0.4) is 0 Å². The molecule has 1 atom stereocenters. The van der Waals surface area contributed by atoms with E-state index in [9.17, 15) is 0 Å². The highest BCUT2D eigenvalue weighted by Crippen LogP contribution is 2.16. The van der Waals surface area contributed by atoms with E-state index < -0.39 is 0 Å². The van der Waals surface area contributed by atoms with Crippen LogP contribution in [0, 0.1) is 5.92 Å². The molecule has 0 saturated heterocycles. The first-order valence-electron chi connectivity index (χ1n) is 4.55. The molecule has 74 valence electrons. The van der Waals surface area contributed by atoms with Crippen molar-refractivity contribution in [2.45, 2.75) is 13.3 Å². The Balaban J connectivity index is 2.34. The van der Waals surface area contributed by atoms with E-state index in [0.717, 1.165) is 17.7 Å². The van der Waals surface area contributed by atoms with Crippen molar-refractivity contribution in [3.05, 3.63) is 18.0 Å². The molecule has 1 aromatic rings. The summed E-state index contributed by atoms with van der Waals surface area (Å²) in [5, 5.41) is 12.1. The summed E-state index contributed by atoms with van der Waals surface area (Å²) in [5.41, 5.74) is 7.58. The van der Waals surface area contributed by atoms with Gasteiger partial charge in [-0.15, -0.1) is 5.10 Å². The lowest BCUT2D eigenvalue weighted by molar-refractivity contribution is 0.766. The smallest absolute Gasteiger partial charge is 0.123 e. The van der Waals surface area contributed by atoms with Gasteiger partial charge in [0.25, 0.3) is 0 Å². The topological polar surface area (TPSA) is 68.6 Å². The Morgan fingerprint density at radius 3 is 2.86 bits per heavy atom. The van der Waals surface area contributed by atoms with Gasteiger partial charge in [-0.1, -0.05) is 6.92 Å². The van der Waals surface area contributed by atoms with E-state index >= 15 is 0 Å². The average molecular weight is 191 g/mol. The molecule has 2 N–H and O–H groups in total. The van der Waals surface area contributed by atoms with Crippen LogP contribution >= 0.6 is 0 Å². The lowest BCUT2D eigenvalue weighted by Crippen LogP contribution is -2.24. The normalized spacial score (nSPS) is 21.7. The summed E-state index contributed by atoms with van der Waals surface area (Å²) in [4.78, 5) is 0. The van der Waals surface area contributed by atoms with E-state index in [1.165, 1.54) is 0 Å². The number of hydrogen-bond donors (Lipinski definition) is 1. The van der Waals surface area contributed by atoms with Gasteiger partial charge in [0, 0.05) is 31.1 Å². The molecule has 0 aromatic carbocycles. The van der Waals surface area contributed by atoms with Gasteiger partial charge in [-0.05, 0) is 0 Å². The van der Waals surface area contributed by atoms with Crippen LogP contribution in [-0.2, 0) is 7.05 Å². The minimum absolute atomic E-state index is 0.316. The monoisotopic (exact) mass is 191 g/mol. The van der Waals surface area contributed by atoms with Crippen molar-refractivity contribution in [3.63, 3.8) is 0 Å². The molecule has 2 rings (SSSR count). The number of nitrogens with zero attached hydrogens (tertiary/aromatic N) is 4. The van der Waals surface area contributed by atoms with Crippen LogP contribution in [0.1, 0.15) is 18.9 Å². The van der Waals surface area contributed by atoms with Crippen LogP contribution in [0.2, 0.25) is 0 Å². The molecular formula is C9H13N5. The summed E-state index contributed by atoms with van der Waals surface area (Å²) in [7, 11) is 1.88. The molecule has 0 radical (unpaired) electrons. The fraction of sp³-hybridized carbons (Fsp3) is 0.444. The molecule has 5 heteroatoms. The van der Waals surface area contributed by atoms with Gasteiger partial charge in [0.1, 0.15) is 5.84 Å². The first-order chi connectivity index (χ1) is 6.66. The third-order valence-corrected chi connectivity index (χ3v) is 2.27. The second kappa shape index (κ2) is 3.25. The van der Waals surface area contributed by atoms with Crippen LogP contribution < -0.4 is 5.73 Å². The number of amidine groups is 1. The number of aromatic nitrogens is 2. The largest absolute Gasteiger partial charge is 0.386 e. The predicted octanol–water partition coefficient (Wildman–Crippen LogP) is 0.521. The highest BCUT2D eigenvalue weighted by atomic mass is 15.3. The average Bonchev–Trinajstić information content (AvgIpc) is 2.51. The Labute approximate surface area is 82.3 Å². The number of nitrogens with two attached hydrogens (primary N) is 1. The molecule has 0 aliphatic carbocycles. The van der Waals surface area contributed by atoms with Crippen LogP contribution in [0.5, 0.6) is 0 Å². The standard InChI is InChI=1S/C9H13N5/c1-6-3-8(10)12-13-9(6)7-4-11-14(2)5-7/h4-6H,3H2,1-2H3,(H2,10,12). The zero-order valence-corrected chi connectivity index (χ0v) is 8.31. The van der Waals surface area contributed by atoms with Gasteiger partial charge < -0.3 is 5.73 Å². The van der Waals surface area contributed by atoms with Crippen molar-refractivity contribution < 1.29 is 0 Å². The molecule has 14 heavy (non-hydrogen) atoms. The molecule has 1 aliphatic rings. The minimum Gasteiger partial charge on any atom is -0.386 e. The summed E-state index contributed by atoms with van der Waals surface area (Å²) in [6, 6.07) is 0. The highest BCUT2D eigenvalue weighted by molar-refractivity contribution is 6.05. The molecule has 1 aliphatic heterocycles. The second-order valence-corrected chi connectivity index (χ2v) is 3.58. The quantitative estimate of drug-likeness (QED) is 0.703. The van der Waals surface area contributed by atoms with Gasteiger partial charge in [0.05, 0.1) is 11.9 Å². The van der Waals surface area contributed by atoms with Gasteiger partial charge >= 0.3 is 0 Å². The van der Waals surface area contributed by atoms with Gasteiger partial charge in [-0.25, -0.2) is 0 Å². The Kier molecular flexibility index (Phi) is 2.07. The molecule has 1 unspecified atom stereocenters. The van der Waals surface area contributed by atoms with Gasteiger partial charge in [0.2, 0.25) is 0 Å². The maximum Gasteiger partial charge on any atom is 0.123 e. The van der Waals surface area contributed by atoms with Crippen LogP contribution in [0.25, 0.3) is 0 Å². The Morgan fingerprint density at radius 1 is 1.50 bits per heavy atom. The van der Waals surface area contributed by atoms with E-state index in [-0.39, 0.29) is 0 Å². The van der Waals surface area contributed by atoms with Gasteiger partial charge in [-0.2, -0.15) is 10.2 Å². The third kappa shape index (κ3) is 1.53. The summed E-state index contributed by atoms with van der Waals surface area (Å²) in [5.74, 6) is 0.918. The zero-order chi connectivity index (χ0) is 10.1. The maximum atomic E-state index is 5.59. The SMILES string of the molecule is CC1CC(N)=NN=C1c1cnn(C)c1. The first kappa shape index (κ1) is 8.93. The van der Waals surface area contributed by atoms with E-state index in [1.807, 2.05) is 13.2 Å². The molecule has 0 saturated carbocycles. The van der Waals surface area contributed by atoms with Crippen molar-refractivity contribution in [1.82, 2.24) is 9.78 Å². The van der Waals surface area contributed by atoms with E-state index in [4.69, 9.17) is 5.73 Å². The molecular weight excluding hydrogens is 178 g/mol. The first-order valence-corrected chi connectivity index (χ1v) is 4.55. The molecule has 1 aromatic heterocycles. The molecule has 5 nitrogen and oxygen atoms in total. The van der Waals surface area contributed by atoms with Crippen molar-refractivity contribution >= 4 is 11.5 Å². The highest BCUT2D eigenvalue weighted by Gasteiger charge is 2.19. The fourth-order valence-corrected chi connectivity index (χ4v) is 1.56. The maximum absolute atomic E-state index is 5.59. The van der Waals surface area contributed by atoms with Crippen molar-refractivity contribution in [2.24, 2.45) is 28.9 Å². The second-order valence-electron chi connectivity index (χ2n) is 3.58. The van der Waals surface area contributed by atoms with Gasteiger partial charge in [0.15, 0.2) is 0 Å². The number of rotatable bonds is 1. The summed E-state index contributed by atoms with van der Waals surface area (Å²) < 4.78 is 1.76. The molecule has 0 amide bonds. The molecule has 2 heterocycles. The van der Waals surface area contributed by atoms with E-state index in [0.29, 0.717) is 11.8 Å². The van der Waals surface area contributed by atoms with E-state index in [2.05, 4.69) is 22.2 Å². The minimum atomic E-state index is 0.316. The van der Waals surface area contributed by atoms with Crippen LogP contribution in [0.15, 0.2) is 22.6 Å². The number of aryl methyl sites for hydroxylation is 1. The van der Waals surface area contributed by atoms with Crippen LogP contribution in [0.4, 0.5) is 0 Å². The van der Waals surface area contributed by atoms with Crippen molar-refractivity contribution in [1.29, 1.82) is 0 Å². The van der Waals surface area contributed by atoms with Gasteiger partial charge in [-0.3, -0.25) is 4.68 Å². The van der Waals surface area contributed by atoms with Crippen molar-refractivity contribution in [2.75, 3.05) is 0 Å². The summed E-state index contributed by atoms with van der Waals surface area (Å²) in [6.07, 6.45) is 4.51. The Morgan fingerprint density at radius 2 is 2.29 bits per heavy atom. The van der Waals surface area contributed by atoms with E-state index in [1.54, 1.807) is 10.9 Å². The predicted molar refractivity (Wildman–Crippen MR) is 55.1 cm³/mol. The summed E-state index contributed by atoms with van der Waals surface area (Å²) in [6.45, 7) is 2.09. The Bertz CT molecular complexity index is 401. The molecule has 0 fully saturated rings. The summed E-state index contributed by atoms with van der Waals surface area (Å²) >= 11 is 0. The number of hydrogen-bond acceptors (Lipinski definition) is 4. The third-order valence-electron chi connectivity index (χ3n) is 2.27. The van der Waals surface area contributed by atoms with Crippen LogP contribution in [-0.4, -0.2) is 21.3 Å². The zero-order valence-electron chi connectivity index (χ0n) is 8.31. The van der Waals surface area contributed by atoms with Crippen molar-refractivity contribution in [3.8, 4) is 0 Å². The lowest BCUT2D eigenvalue weighted by atomic mass is 9.96. The lowest BCUT2D eigenvalue weighted by Gasteiger charge is -2.15. The Hall–Kier alpha value is -1.65. The molecule has 0 spiro atoms. The molecule has 0 bridgehead atoms. The fourth-order valence-electron chi connectivity index (χ4n) is 1.56.